The first-order valence-corrected chi connectivity index (χ1v) is 9.58. The van der Waals surface area contributed by atoms with Crippen molar-refractivity contribution in [2.24, 2.45) is 0 Å². The van der Waals surface area contributed by atoms with Crippen LogP contribution in [0.2, 0.25) is 5.02 Å². The van der Waals surface area contributed by atoms with Crippen LogP contribution >= 0.6 is 11.6 Å². The molecule has 0 spiro atoms. The monoisotopic (exact) mass is 360 g/mol. The van der Waals surface area contributed by atoms with E-state index in [4.69, 9.17) is 16.3 Å². The van der Waals surface area contributed by atoms with Gasteiger partial charge in [-0.1, -0.05) is 11.6 Å². The molecular weight excluding hydrogens is 340 g/mol. The van der Waals surface area contributed by atoms with Crippen molar-refractivity contribution >= 4 is 27.5 Å². The molecule has 0 unspecified atom stereocenters. The van der Waals surface area contributed by atoms with Crippen LogP contribution in [0.4, 0.5) is 0 Å². The summed E-state index contributed by atoms with van der Waals surface area (Å²) in [5, 5.41) is 0.647. The van der Waals surface area contributed by atoms with Crippen LogP contribution in [0.1, 0.15) is 12.5 Å². The van der Waals surface area contributed by atoms with E-state index in [1.807, 2.05) is 6.92 Å². The normalized spacial score (nSPS) is 17.8. The van der Waals surface area contributed by atoms with Gasteiger partial charge in [0.1, 0.15) is 5.75 Å². The number of ether oxygens (including phenoxy) is 1. The van der Waals surface area contributed by atoms with Gasteiger partial charge in [0.2, 0.25) is 10.0 Å². The van der Waals surface area contributed by atoms with Gasteiger partial charge in [-0.05, 0) is 37.6 Å². The Balaban J connectivity index is 1.94. The third-order valence-electron chi connectivity index (χ3n) is 3.81. The van der Waals surface area contributed by atoms with Crippen molar-refractivity contribution in [1.29, 1.82) is 0 Å². The minimum absolute atomic E-state index is 0.147. The van der Waals surface area contributed by atoms with Crippen molar-refractivity contribution in [3.05, 3.63) is 28.8 Å². The van der Waals surface area contributed by atoms with E-state index in [0.29, 0.717) is 37.0 Å². The van der Waals surface area contributed by atoms with Crippen LogP contribution in [-0.4, -0.2) is 62.1 Å². The van der Waals surface area contributed by atoms with E-state index < -0.39 is 16.1 Å². The van der Waals surface area contributed by atoms with E-state index in [9.17, 15) is 13.2 Å². The number of hydrogen-bond donors (Lipinski definition) is 0. The summed E-state index contributed by atoms with van der Waals surface area (Å²) in [6.45, 7) is 4.94. The number of hydrogen-bond acceptors (Lipinski definition) is 4. The number of amides is 1. The highest BCUT2D eigenvalue weighted by Gasteiger charge is 2.29. The summed E-state index contributed by atoms with van der Waals surface area (Å²) in [7, 11) is -3.20. The second kappa shape index (κ2) is 7.07. The van der Waals surface area contributed by atoms with E-state index in [1.54, 1.807) is 30.0 Å². The topological polar surface area (TPSA) is 66.9 Å². The maximum Gasteiger partial charge on any atom is 0.263 e. The highest BCUT2D eigenvalue weighted by molar-refractivity contribution is 7.88. The quantitative estimate of drug-likeness (QED) is 0.816. The Bertz CT molecular complexity index is 685. The number of aryl methyl sites for hydroxylation is 1. The third kappa shape index (κ3) is 4.59. The molecule has 2 rings (SSSR count). The Morgan fingerprint density at radius 2 is 1.87 bits per heavy atom. The van der Waals surface area contributed by atoms with Crippen molar-refractivity contribution in [3.8, 4) is 5.75 Å². The number of benzene rings is 1. The van der Waals surface area contributed by atoms with E-state index in [2.05, 4.69) is 0 Å². The molecule has 1 aliphatic heterocycles. The van der Waals surface area contributed by atoms with Crippen LogP contribution in [0, 0.1) is 6.92 Å². The lowest BCUT2D eigenvalue weighted by Crippen LogP contribution is -2.53. The van der Waals surface area contributed by atoms with Gasteiger partial charge in [0.15, 0.2) is 6.10 Å². The van der Waals surface area contributed by atoms with Crippen molar-refractivity contribution in [2.75, 3.05) is 32.4 Å². The van der Waals surface area contributed by atoms with Crippen LogP contribution in [0.15, 0.2) is 18.2 Å². The maximum atomic E-state index is 12.4. The number of carbonyl (C=O) groups is 1. The van der Waals surface area contributed by atoms with Crippen LogP contribution in [0.5, 0.6) is 5.75 Å². The summed E-state index contributed by atoms with van der Waals surface area (Å²) in [6, 6.07) is 5.24. The number of nitrogens with zero attached hydrogens (tertiary/aromatic N) is 2. The molecule has 128 valence electrons. The minimum atomic E-state index is -3.20. The first-order chi connectivity index (χ1) is 10.7. The Kier molecular flexibility index (Phi) is 5.54. The van der Waals surface area contributed by atoms with Crippen molar-refractivity contribution in [2.45, 2.75) is 20.0 Å². The second-order valence-electron chi connectivity index (χ2n) is 5.66. The molecule has 1 fully saturated rings. The zero-order chi connectivity index (χ0) is 17.2. The molecule has 1 aromatic carbocycles. The SMILES string of the molecule is Cc1cc(O[C@H](C)C(=O)N2CCN(S(C)(=O)=O)CC2)ccc1Cl. The standard InChI is InChI=1S/C15H21ClN2O4S/c1-11-10-13(4-5-14(11)16)22-12(2)15(19)17-6-8-18(9-7-17)23(3,20)21/h4-5,10,12H,6-9H2,1-3H3/t12-/m1/s1. The largest absolute Gasteiger partial charge is 0.481 e. The number of halogens is 1. The van der Waals surface area contributed by atoms with Gasteiger partial charge < -0.3 is 9.64 Å². The molecule has 23 heavy (non-hydrogen) atoms. The third-order valence-corrected chi connectivity index (χ3v) is 5.54. The molecule has 1 aliphatic rings. The van der Waals surface area contributed by atoms with Gasteiger partial charge in [-0.2, -0.15) is 4.31 Å². The van der Waals surface area contributed by atoms with Crippen molar-refractivity contribution < 1.29 is 17.9 Å². The molecular formula is C15H21ClN2O4S. The molecule has 0 bridgehead atoms. The minimum Gasteiger partial charge on any atom is -0.481 e. The van der Waals surface area contributed by atoms with Crippen LogP contribution in [0.25, 0.3) is 0 Å². The van der Waals surface area contributed by atoms with Crippen LogP contribution in [-0.2, 0) is 14.8 Å². The zero-order valence-electron chi connectivity index (χ0n) is 13.5. The van der Waals surface area contributed by atoms with E-state index in [1.165, 1.54) is 10.6 Å². The molecule has 1 aromatic rings. The first kappa shape index (κ1) is 18.0. The lowest BCUT2D eigenvalue weighted by atomic mass is 10.2. The smallest absolute Gasteiger partial charge is 0.263 e. The zero-order valence-corrected chi connectivity index (χ0v) is 15.0. The summed E-state index contributed by atoms with van der Waals surface area (Å²) in [4.78, 5) is 14.1. The van der Waals surface area contributed by atoms with Gasteiger partial charge in [-0.15, -0.1) is 0 Å². The summed E-state index contributed by atoms with van der Waals surface area (Å²) < 4.78 is 30.0. The number of carbonyl (C=O) groups excluding carboxylic acids is 1. The molecule has 0 saturated carbocycles. The van der Waals surface area contributed by atoms with Gasteiger partial charge in [0.05, 0.1) is 6.26 Å². The van der Waals surface area contributed by atoms with E-state index >= 15 is 0 Å². The number of sulfonamides is 1. The van der Waals surface area contributed by atoms with Gasteiger partial charge >= 0.3 is 0 Å². The Labute approximate surface area is 142 Å². The molecule has 0 N–H and O–H groups in total. The fourth-order valence-electron chi connectivity index (χ4n) is 2.44. The highest BCUT2D eigenvalue weighted by Crippen LogP contribution is 2.22. The van der Waals surface area contributed by atoms with Gasteiger partial charge in [0, 0.05) is 31.2 Å². The molecule has 6 nitrogen and oxygen atoms in total. The molecule has 0 aliphatic carbocycles. The summed E-state index contributed by atoms with van der Waals surface area (Å²) in [6.07, 6.45) is 0.541. The van der Waals surface area contributed by atoms with E-state index in [0.717, 1.165) is 5.56 Å². The lowest BCUT2D eigenvalue weighted by molar-refractivity contribution is -0.139. The molecule has 0 radical (unpaired) electrons. The second-order valence-corrected chi connectivity index (χ2v) is 8.05. The Hall–Kier alpha value is -1.31. The number of rotatable bonds is 4. The molecule has 1 amide bonds. The van der Waals surface area contributed by atoms with Crippen LogP contribution < -0.4 is 4.74 Å². The molecule has 1 saturated heterocycles. The molecule has 1 heterocycles. The lowest BCUT2D eigenvalue weighted by Gasteiger charge is -2.34. The molecule has 1 atom stereocenters. The Morgan fingerprint density at radius 3 is 2.39 bits per heavy atom. The number of piperazine rings is 1. The average Bonchev–Trinajstić information content (AvgIpc) is 2.49. The molecule has 0 aromatic heterocycles. The van der Waals surface area contributed by atoms with Gasteiger partial charge in [-0.25, -0.2) is 8.42 Å². The average molecular weight is 361 g/mol. The van der Waals surface area contributed by atoms with Crippen molar-refractivity contribution in [1.82, 2.24) is 9.21 Å². The first-order valence-electron chi connectivity index (χ1n) is 7.35. The Morgan fingerprint density at radius 1 is 1.26 bits per heavy atom. The van der Waals surface area contributed by atoms with Crippen LogP contribution in [0.3, 0.4) is 0 Å². The summed E-state index contributed by atoms with van der Waals surface area (Å²) in [5.74, 6) is 0.438. The summed E-state index contributed by atoms with van der Waals surface area (Å²) >= 11 is 5.97. The maximum absolute atomic E-state index is 12.4. The summed E-state index contributed by atoms with van der Waals surface area (Å²) in [5.41, 5.74) is 0.880. The van der Waals surface area contributed by atoms with Crippen molar-refractivity contribution in [3.63, 3.8) is 0 Å². The molecule has 8 heteroatoms. The fourth-order valence-corrected chi connectivity index (χ4v) is 3.39. The predicted octanol–water partition coefficient (Wildman–Crippen LogP) is 1.52. The highest BCUT2D eigenvalue weighted by atomic mass is 35.5. The van der Waals surface area contributed by atoms with Gasteiger partial charge in [-0.3, -0.25) is 4.79 Å². The van der Waals surface area contributed by atoms with E-state index in [-0.39, 0.29) is 5.91 Å². The van der Waals surface area contributed by atoms with Gasteiger partial charge in [0.25, 0.3) is 5.91 Å². The fraction of sp³-hybridized carbons (Fsp3) is 0.533. The predicted molar refractivity (Wildman–Crippen MR) is 89.3 cm³/mol.